The monoisotopic (exact) mass is 343 g/mol. The molecule has 3 amide bonds. The van der Waals surface area contributed by atoms with E-state index in [4.69, 9.17) is 5.73 Å². The number of hydrogen-bond donors (Lipinski definition) is 4. The number of nitrogens with one attached hydrogen (secondary N) is 3. The van der Waals surface area contributed by atoms with Gasteiger partial charge in [-0.25, -0.2) is 9.78 Å². The number of carbonyl (C=O) groups excluding carboxylic acids is 2. The predicted octanol–water partition coefficient (Wildman–Crippen LogP) is 2.48. The van der Waals surface area contributed by atoms with Crippen LogP contribution in [0.1, 0.15) is 45.0 Å². The lowest BCUT2D eigenvalue weighted by molar-refractivity contribution is -0.123. The van der Waals surface area contributed by atoms with E-state index >= 15 is 0 Å². The summed E-state index contributed by atoms with van der Waals surface area (Å²) in [4.78, 5) is 31.2. The van der Waals surface area contributed by atoms with E-state index in [0.29, 0.717) is 18.7 Å². The predicted molar refractivity (Wildman–Crippen MR) is 96.6 cm³/mol. The average Bonchev–Trinajstić information content (AvgIpc) is 3.09. The molecule has 0 saturated heterocycles. The molecule has 0 radical (unpaired) electrons. The van der Waals surface area contributed by atoms with Gasteiger partial charge in [0.15, 0.2) is 0 Å². The molecule has 2 rings (SSSR count). The van der Waals surface area contributed by atoms with E-state index in [1.54, 1.807) is 6.20 Å². The van der Waals surface area contributed by atoms with Crippen LogP contribution in [0.5, 0.6) is 0 Å². The van der Waals surface area contributed by atoms with Crippen molar-refractivity contribution in [2.75, 3.05) is 0 Å². The van der Waals surface area contributed by atoms with Crippen molar-refractivity contribution in [2.24, 2.45) is 5.73 Å². The van der Waals surface area contributed by atoms with Gasteiger partial charge in [0.05, 0.1) is 17.9 Å². The number of aromatic nitrogens is 2. The second-order valence-electron chi connectivity index (χ2n) is 5.87. The molecule has 0 spiro atoms. The van der Waals surface area contributed by atoms with Gasteiger partial charge in [-0.3, -0.25) is 4.79 Å². The Labute approximate surface area is 147 Å². The number of aromatic amines is 1. The first-order valence-corrected chi connectivity index (χ1v) is 8.51. The van der Waals surface area contributed by atoms with Crippen LogP contribution in [0.15, 0.2) is 36.5 Å². The lowest BCUT2D eigenvalue weighted by Crippen LogP contribution is -2.49. The number of benzene rings is 1. The fourth-order valence-electron chi connectivity index (χ4n) is 2.64. The molecule has 0 aliphatic carbocycles. The number of imidazole rings is 1. The first kappa shape index (κ1) is 18.5. The molecule has 5 N–H and O–H groups in total. The molecule has 2 aromatic rings. The maximum Gasteiger partial charge on any atom is 0.312 e. The molecule has 7 heteroatoms. The van der Waals surface area contributed by atoms with E-state index in [9.17, 15) is 9.59 Å². The number of rotatable bonds is 8. The zero-order chi connectivity index (χ0) is 18.2. The molecule has 134 valence electrons. The summed E-state index contributed by atoms with van der Waals surface area (Å²) >= 11 is 0. The lowest BCUT2D eigenvalue weighted by Gasteiger charge is -2.20. The topological polar surface area (TPSA) is 113 Å². The van der Waals surface area contributed by atoms with Crippen LogP contribution in [0, 0.1) is 0 Å². The van der Waals surface area contributed by atoms with Crippen molar-refractivity contribution in [2.45, 2.75) is 45.2 Å². The smallest absolute Gasteiger partial charge is 0.312 e. The summed E-state index contributed by atoms with van der Waals surface area (Å²) in [6.45, 7) is 3.91. The number of nitrogens with two attached hydrogens (primary N) is 1. The zero-order valence-electron chi connectivity index (χ0n) is 14.6. The molecule has 1 heterocycles. The van der Waals surface area contributed by atoms with Crippen LogP contribution in [0.4, 0.5) is 4.79 Å². The average molecular weight is 343 g/mol. The summed E-state index contributed by atoms with van der Waals surface area (Å²) < 4.78 is 0. The molecular formula is C18H25N5O2. The van der Waals surface area contributed by atoms with Crippen molar-refractivity contribution in [3.8, 4) is 11.3 Å². The number of urea groups is 1. The zero-order valence-corrected chi connectivity index (χ0v) is 14.6. The molecule has 0 aliphatic heterocycles. The molecular weight excluding hydrogens is 318 g/mol. The number of H-pyrrole nitrogens is 1. The molecule has 2 atom stereocenters. The minimum absolute atomic E-state index is 0.259. The van der Waals surface area contributed by atoms with Gasteiger partial charge in [0, 0.05) is 0 Å². The Morgan fingerprint density at radius 1 is 1.20 bits per heavy atom. The Balaban J connectivity index is 2.10. The third-order valence-electron chi connectivity index (χ3n) is 3.95. The van der Waals surface area contributed by atoms with E-state index in [1.807, 2.05) is 44.2 Å². The highest BCUT2D eigenvalue weighted by Gasteiger charge is 2.23. The third kappa shape index (κ3) is 5.07. The molecule has 0 bridgehead atoms. The van der Waals surface area contributed by atoms with Crippen LogP contribution in [0.2, 0.25) is 0 Å². The first-order valence-electron chi connectivity index (χ1n) is 8.51. The van der Waals surface area contributed by atoms with Gasteiger partial charge in [-0.1, -0.05) is 50.6 Å². The van der Waals surface area contributed by atoms with Gasteiger partial charge in [-0.15, -0.1) is 0 Å². The van der Waals surface area contributed by atoms with Crippen molar-refractivity contribution in [1.29, 1.82) is 0 Å². The number of nitrogens with zero attached hydrogens (tertiary/aromatic N) is 1. The summed E-state index contributed by atoms with van der Waals surface area (Å²) in [6.07, 6.45) is 3.71. The van der Waals surface area contributed by atoms with E-state index in [2.05, 4.69) is 20.6 Å². The molecule has 1 aromatic carbocycles. The lowest BCUT2D eigenvalue weighted by atomic mass is 10.1. The summed E-state index contributed by atoms with van der Waals surface area (Å²) in [5.74, 6) is 0.425. The van der Waals surface area contributed by atoms with Crippen molar-refractivity contribution in [3.05, 3.63) is 42.4 Å². The molecule has 1 aromatic heterocycles. The largest absolute Gasteiger partial charge is 0.352 e. The maximum atomic E-state index is 12.5. The Bertz CT molecular complexity index is 699. The molecule has 25 heavy (non-hydrogen) atoms. The maximum absolute atomic E-state index is 12.5. The molecule has 7 nitrogen and oxygen atoms in total. The van der Waals surface area contributed by atoms with E-state index < -0.39 is 12.1 Å². The minimum atomic E-state index is -0.703. The van der Waals surface area contributed by atoms with E-state index in [1.165, 1.54) is 0 Å². The molecule has 0 saturated carbocycles. The van der Waals surface area contributed by atoms with Crippen molar-refractivity contribution in [3.63, 3.8) is 0 Å². The Morgan fingerprint density at radius 2 is 1.92 bits per heavy atom. The summed E-state index contributed by atoms with van der Waals surface area (Å²) in [7, 11) is 0. The first-order chi connectivity index (χ1) is 12.0. The Kier molecular flexibility index (Phi) is 6.56. The van der Waals surface area contributed by atoms with Crippen molar-refractivity contribution < 1.29 is 9.59 Å². The summed E-state index contributed by atoms with van der Waals surface area (Å²) in [6, 6.07) is 8.25. The van der Waals surface area contributed by atoms with Crippen molar-refractivity contribution in [1.82, 2.24) is 20.6 Å². The van der Waals surface area contributed by atoms with E-state index in [0.717, 1.165) is 17.7 Å². The van der Waals surface area contributed by atoms with Crippen LogP contribution < -0.4 is 16.4 Å². The number of carbonyl (C=O) groups is 2. The SMILES string of the molecule is CCC[C@@H](NC(N)=O)C(=O)N[C@@H](CC)c1ncc(-c2ccccc2)[nH]1. The van der Waals surface area contributed by atoms with Gasteiger partial charge in [0.1, 0.15) is 11.9 Å². The second kappa shape index (κ2) is 8.86. The standard InChI is InChI=1S/C18H25N5O2/c1-3-8-14(23-18(19)25)17(24)22-13(4-2)16-20-11-15(21-16)12-9-6-5-7-10-12/h5-7,9-11,13-14H,3-4,8H2,1-2H3,(H,20,21)(H,22,24)(H3,19,23,25)/t13-,14+/m0/s1. The molecule has 0 aliphatic rings. The van der Waals surface area contributed by atoms with Gasteiger partial charge < -0.3 is 21.4 Å². The fraction of sp³-hybridized carbons (Fsp3) is 0.389. The van der Waals surface area contributed by atoms with Gasteiger partial charge in [-0.05, 0) is 18.4 Å². The molecule has 0 unspecified atom stereocenters. The van der Waals surface area contributed by atoms with Gasteiger partial charge >= 0.3 is 6.03 Å². The Morgan fingerprint density at radius 3 is 2.52 bits per heavy atom. The van der Waals surface area contributed by atoms with Crippen molar-refractivity contribution >= 4 is 11.9 Å². The second-order valence-corrected chi connectivity index (χ2v) is 5.87. The molecule has 0 fully saturated rings. The van der Waals surface area contributed by atoms with Crippen LogP contribution >= 0.6 is 0 Å². The highest BCUT2D eigenvalue weighted by atomic mass is 16.2. The minimum Gasteiger partial charge on any atom is -0.352 e. The van der Waals surface area contributed by atoms with Gasteiger partial charge in [0.25, 0.3) is 0 Å². The highest BCUT2D eigenvalue weighted by molar-refractivity contribution is 5.86. The van der Waals surface area contributed by atoms with Crippen LogP contribution in [0.25, 0.3) is 11.3 Å². The van der Waals surface area contributed by atoms with Gasteiger partial charge in [-0.2, -0.15) is 0 Å². The van der Waals surface area contributed by atoms with Gasteiger partial charge in [0.2, 0.25) is 5.91 Å². The summed E-state index contributed by atoms with van der Waals surface area (Å²) in [5.41, 5.74) is 7.08. The van der Waals surface area contributed by atoms with Crippen LogP contribution in [-0.4, -0.2) is 27.9 Å². The quantitative estimate of drug-likeness (QED) is 0.590. The number of hydrogen-bond acceptors (Lipinski definition) is 3. The summed E-state index contributed by atoms with van der Waals surface area (Å²) in [5, 5.41) is 5.42. The van der Waals surface area contributed by atoms with E-state index in [-0.39, 0.29) is 11.9 Å². The third-order valence-corrected chi connectivity index (χ3v) is 3.95. The van der Waals surface area contributed by atoms with Crippen LogP contribution in [-0.2, 0) is 4.79 Å². The number of amides is 3. The number of primary amides is 1. The highest BCUT2D eigenvalue weighted by Crippen LogP contribution is 2.20. The fourth-order valence-corrected chi connectivity index (χ4v) is 2.64. The Hall–Kier alpha value is -2.83. The van der Waals surface area contributed by atoms with Crippen LogP contribution in [0.3, 0.4) is 0 Å². The normalized spacial score (nSPS) is 13.0.